The van der Waals surface area contributed by atoms with Crippen molar-refractivity contribution in [1.82, 2.24) is 10.2 Å². The van der Waals surface area contributed by atoms with Crippen LogP contribution in [0.3, 0.4) is 0 Å². The highest BCUT2D eigenvalue weighted by atomic mass is 19.4. The summed E-state index contributed by atoms with van der Waals surface area (Å²) in [6.07, 6.45) is -4.90. The second-order valence-electron chi connectivity index (χ2n) is 6.74. The Kier molecular flexibility index (Phi) is 6.71. The van der Waals surface area contributed by atoms with Gasteiger partial charge in [0.1, 0.15) is 5.82 Å². The molecule has 0 aliphatic carbocycles. The van der Waals surface area contributed by atoms with Crippen LogP contribution in [0.5, 0.6) is 0 Å². The van der Waals surface area contributed by atoms with Gasteiger partial charge in [-0.2, -0.15) is 13.2 Å². The second-order valence-corrected chi connectivity index (χ2v) is 6.74. The summed E-state index contributed by atoms with van der Waals surface area (Å²) in [6.45, 7) is 2.75. The summed E-state index contributed by atoms with van der Waals surface area (Å²) in [7, 11) is 0. The van der Waals surface area contributed by atoms with Gasteiger partial charge in [0, 0.05) is 26.2 Å². The number of carbonyl (C=O) groups excluding carboxylic acids is 1. The first-order valence-corrected chi connectivity index (χ1v) is 9.11. The molecule has 2 N–H and O–H groups in total. The average Bonchev–Trinajstić information content (AvgIpc) is 2.68. The minimum absolute atomic E-state index is 0.150. The molecule has 0 saturated carbocycles. The van der Waals surface area contributed by atoms with Crippen molar-refractivity contribution in [1.29, 1.82) is 0 Å². The number of morpholine rings is 1. The fourth-order valence-electron chi connectivity index (χ4n) is 3.06. The molecule has 0 aromatic heterocycles. The zero-order chi connectivity index (χ0) is 20.9. The van der Waals surface area contributed by atoms with Crippen LogP contribution in [0.25, 0.3) is 0 Å². The Bertz CT molecular complexity index is 830. The lowest BCUT2D eigenvalue weighted by Crippen LogP contribution is -2.47. The summed E-state index contributed by atoms with van der Waals surface area (Å²) in [6, 6.07) is 11.0. The molecule has 5 nitrogen and oxygen atoms in total. The first kappa shape index (κ1) is 21.1. The molecule has 156 valence electrons. The van der Waals surface area contributed by atoms with Gasteiger partial charge in [0.25, 0.3) is 0 Å². The Morgan fingerprint density at radius 2 is 1.93 bits per heavy atom. The number of urea groups is 1. The Morgan fingerprint density at radius 1 is 1.17 bits per heavy atom. The van der Waals surface area contributed by atoms with Gasteiger partial charge in [-0.15, -0.1) is 0 Å². The van der Waals surface area contributed by atoms with E-state index in [-0.39, 0.29) is 12.6 Å². The van der Waals surface area contributed by atoms with E-state index in [1.807, 2.05) is 30.3 Å². The third-order valence-electron chi connectivity index (χ3n) is 4.50. The van der Waals surface area contributed by atoms with Crippen LogP contribution in [0.1, 0.15) is 11.1 Å². The predicted octanol–water partition coefficient (Wildman–Crippen LogP) is 3.87. The SMILES string of the molecule is O=C(NCC1CN(Cc2ccccc2)CCO1)Nc1cc(C(F)(F)F)ccc1F. The maximum atomic E-state index is 13.7. The van der Waals surface area contributed by atoms with Crippen LogP contribution >= 0.6 is 0 Å². The van der Waals surface area contributed by atoms with Crippen molar-refractivity contribution in [2.45, 2.75) is 18.8 Å². The van der Waals surface area contributed by atoms with Crippen molar-refractivity contribution >= 4 is 11.7 Å². The van der Waals surface area contributed by atoms with Gasteiger partial charge in [0.2, 0.25) is 0 Å². The quantitative estimate of drug-likeness (QED) is 0.735. The summed E-state index contributed by atoms with van der Waals surface area (Å²) >= 11 is 0. The molecular formula is C20H21F4N3O2. The highest BCUT2D eigenvalue weighted by molar-refractivity contribution is 5.89. The van der Waals surface area contributed by atoms with E-state index >= 15 is 0 Å². The van der Waals surface area contributed by atoms with Gasteiger partial charge in [-0.1, -0.05) is 30.3 Å². The summed E-state index contributed by atoms with van der Waals surface area (Å²) in [5, 5.41) is 4.64. The van der Waals surface area contributed by atoms with Gasteiger partial charge in [-0.3, -0.25) is 4.90 Å². The van der Waals surface area contributed by atoms with Crippen molar-refractivity contribution in [2.24, 2.45) is 0 Å². The van der Waals surface area contributed by atoms with Crippen molar-refractivity contribution in [3.63, 3.8) is 0 Å². The maximum absolute atomic E-state index is 13.7. The van der Waals surface area contributed by atoms with Gasteiger partial charge in [-0.05, 0) is 23.8 Å². The molecule has 2 amide bonds. The Labute approximate surface area is 165 Å². The number of hydrogen-bond acceptors (Lipinski definition) is 3. The van der Waals surface area contributed by atoms with Crippen LogP contribution in [0.2, 0.25) is 0 Å². The van der Waals surface area contributed by atoms with Crippen molar-refractivity contribution in [2.75, 3.05) is 31.6 Å². The number of anilines is 1. The van der Waals surface area contributed by atoms with Gasteiger partial charge < -0.3 is 15.4 Å². The van der Waals surface area contributed by atoms with Gasteiger partial charge >= 0.3 is 12.2 Å². The summed E-state index contributed by atoms with van der Waals surface area (Å²) in [5.74, 6) is -0.948. The highest BCUT2D eigenvalue weighted by Crippen LogP contribution is 2.31. The molecule has 2 aromatic rings. The van der Waals surface area contributed by atoms with E-state index in [2.05, 4.69) is 15.5 Å². The average molecular weight is 411 g/mol. The van der Waals surface area contributed by atoms with E-state index in [9.17, 15) is 22.4 Å². The molecule has 1 atom stereocenters. The number of halogens is 4. The monoisotopic (exact) mass is 411 g/mol. The first-order chi connectivity index (χ1) is 13.8. The fourth-order valence-corrected chi connectivity index (χ4v) is 3.06. The van der Waals surface area contributed by atoms with Crippen LogP contribution in [-0.4, -0.2) is 43.3 Å². The number of rotatable bonds is 5. The second kappa shape index (κ2) is 9.23. The number of nitrogens with one attached hydrogen (secondary N) is 2. The van der Waals surface area contributed by atoms with E-state index in [0.29, 0.717) is 31.4 Å². The normalized spacial score (nSPS) is 17.7. The molecule has 0 spiro atoms. The first-order valence-electron chi connectivity index (χ1n) is 9.11. The summed E-state index contributed by atoms with van der Waals surface area (Å²) in [4.78, 5) is 14.2. The minimum Gasteiger partial charge on any atom is -0.374 e. The van der Waals surface area contributed by atoms with Crippen molar-refractivity contribution < 1.29 is 27.1 Å². The number of amides is 2. The van der Waals surface area contributed by atoms with Crippen LogP contribution in [0.4, 0.5) is 28.0 Å². The summed E-state index contributed by atoms with van der Waals surface area (Å²) < 4.78 is 57.6. The molecule has 2 aromatic carbocycles. The highest BCUT2D eigenvalue weighted by Gasteiger charge is 2.31. The molecule has 0 bridgehead atoms. The van der Waals surface area contributed by atoms with Crippen molar-refractivity contribution in [3.05, 3.63) is 65.5 Å². The third-order valence-corrected chi connectivity index (χ3v) is 4.50. The largest absolute Gasteiger partial charge is 0.416 e. The Hall–Kier alpha value is -2.65. The molecule has 1 fully saturated rings. The number of benzene rings is 2. The minimum atomic E-state index is -4.63. The van der Waals surface area contributed by atoms with Crippen LogP contribution in [0, 0.1) is 5.82 Å². The predicted molar refractivity (Wildman–Crippen MR) is 99.9 cm³/mol. The van der Waals surface area contributed by atoms with E-state index in [1.165, 1.54) is 5.56 Å². The molecule has 1 aliphatic rings. The van der Waals surface area contributed by atoms with Crippen LogP contribution in [0.15, 0.2) is 48.5 Å². The summed E-state index contributed by atoms with van der Waals surface area (Å²) in [5.41, 5.74) is -0.409. The molecule has 0 radical (unpaired) electrons. The molecule has 3 rings (SSSR count). The number of alkyl halides is 3. The number of nitrogens with zero attached hydrogens (tertiary/aromatic N) is 1. The van der Waals surface area contributed by atoms with Gasteiger partial charge in [0.15, 0.2) is 0 Å². The molecule has 1 aliphatic heterocycles. The maximum Gasteiger partial charge on any atom is 0.416 e. The number of ether oxygens (including phenoxy) is 1. The molecule has 29 heavy (non-hydrogen) atoms. The third kappa shape index (κ3) is 6.16. The van der Waals surface area contributed by atoms with E-state index < -0.39 is 29.3 Å². The Morgan fingerprint density at radius 3 is 2.66 bits per heavy atom. The number of hydrogen-bond donors (Lipinski definition) is 2. The molecule has 1 unspecified atom stereocenters. The molecule has 9 heteroatoms. The molecule has 1 heterocycles. The van der Waals surface area contributed by atoms with Crippen molar-refractivity contribution in [3.8, 4) is 0 Å². The lowest BCUT2D eigenvalue weighted by atomic mass is 10.2. The van der Waals surface area contributed by atoms with E-state index in [0.717, 1.165) is 13.1 Å². The number of carbonyl (C=O) groups is 1. The lowest BCUT2D eigenvalue weighted by Gasteiger charge is -2.33. The van der Waals surface area contributed by atoms with Crippen LogP contribution < -0.4 is 10.6 Å². The van der Waals surface area contributed by atoms with Gasteiger partial charge in [-0.25, -0.2) is 9.18 Å². The molecular weight excluding hydrogens is 390 g/mol. The Balaban J connectivity index is 1.50. The van der Waals surface area contributed by atoms with E-state index in [1.54, 1.807) is 0 Å². The topological polar surface area (TPSA) is 53.6 Å². The zero-order valence-electron chi connectivity index (χ0n) is 15.5. The smallest absolute Gasteiger partial charge is 0.374 e. The molecule has 1 saturated heterocycles. The lowest BCUT2D eigenvalue weighted by molar-refractivity contribution is -0.137. The standard InChI is InChI=1S/C20H21F4N3O2/c21-17-7-6-15(20(22,23)24)10-18(17)26-19(28)25-11-16-13-27(8-9-29-16)12-14-4-2-1-3-5-14/h1-7,10,16H,8-9,11-13H2,(H2,25,26,28). The van der Waals surface area contributed by atoms with Gasteiger partial charge in [0.05, 0.1) is 24.0 Å². The fraction of sp³-hybridized carbons (Fsp3) is 0.350. The van der Waals surface area contributed by atoms with E-state index in [4.69, 9.17) is 4.74 Å². The van der Waals surface area contributed by atoms with Crippen LogP contribution in [-0.2, 0) is 17.5 Å². The zero-order valence-corrected chi connectivity index (χ0v) is 15.5.